The summed E-state index contributed by atoms with van der Waals surface area (Å²) >= 11 is 1.55. The minimum atomic E-state index is -0.541. The highest BCUT2D eigenvalue weighted by Crippen LogP contribution is 2.17. The predicted octanol–water partition coefficient (Wildman–Crippen LogP) is 2.20. The van der Waals surface area contributed by atoms with Gasteiger partial charge >= 0.3 is 0 Å². The van der Waals surface area contributed by atoms with Crippen LogP contribution in [0.1, 0.15) is 29.2 Å². The number of hydrogen-bond acceptors (Lipinski definition) is 4. The van der Waals surface area contributed by atoms with E-state index < -0.39 is 6.04 Å². The molecule has 0 bridgehead atoms. The molecule has 2 atom stereocenters. The molecule has 0 spiro atoms. The number of carbonyl (C=O) groups is 1. The molecule has 1 heterocycles. The molecule has 1 unspecified atom stereocenters. The van der Waals surface area contributed by atoms with Crippen molar-refractivity contribution in [3.8, 4) is 0 Å². The lowest BCUT2D eigenvalue weighted by atomic mass is 10.1. The number of nitrogens with two attached hydrogens (primary N) is 1. The maximum absolute atomic E-state index is 12.1. The van der Waals surface area contributed by atoms with E-state index >= 15 is 0 Å². The van der Waals surface area contributed by atoms with Crippen LogP contribution in [-0.2, 0) is 11.2 Å². The second kappa shape index (κ2) is 6.63. The van der Waals surface area contributed by atoms with Gasteiger partial charge in [-0.2, -0.15) is 0 Å². The number of aromatic nitrogens is 1. The van der Waals surface area contributed by atoms with Crippen molar-refractivity contribution in [2.75, 3.05) is 0 Å². The van der Waals surface area contributed by atoms with Crippen LogP contribution in [0.4, 0.5) is 0 Å². The molecular formula is C15H19N3OS. The third-order valence-corrected chi connectivity index (χ3v) is 4.15. The number of benzene rings is 1. The molecule has 20 heavy (non-hydrogen) atoms. The normalized spacial score (nSPS) is 13.8. The van der Waals surface area contributed by atoms with Gasteiger partial charge in [-0.15, -0.1) is 11.3 Å². The van der Waals surface area contributed by atoms with E-state index in [0.717, 1.165) is 16.3 Å². The number of thiazole rings is 1. The minimum Gasteiger partial charge on any atom is -0.346 e. The summed E-state index contributed by atoms with van der Waals surface area (Å²) in [6, 6.07) is 9.13. The molecule has 0 saturated heterocycles. The molecule has 1 aromatic carbocycles. The summed E-state index contributed by atoms with van der Waals surface area (Å²) in [5, 5.41) is 5.79. The number of rotatable bonds is 5. The molecule has 5 heteroatoms. The lowest BCUT2D eigenvalue weighted by Crippen LogP contribution is -2.42. The lowest BCUT2D eigenvalue weighted by molar-refractivity contribution is -0.123. The van der Waals surface area contributed by atoms with Gasteiger partial charge in [-0.1, -0.05) is 30.3 Å². The molecule has 2 rings (SSSR count). The first-order valence-electron chi connectivity index (χ1n) is 6.58. The fraction of sp³-hybridized carbons (Fsp3) is 0.333. The van der Waals surface area contributed by atoms with Crippen LogP contribution in [0.25, 0.3) is 0 Å². The van der Waals surface area contributed by atoms with Crippen LogP contribution in [0.3, 0.4) is 0 Å². The Morgan fingerprint density at radius 1 is 1.40 bits per heavy atom. The molecule has 1 amide bonds. The van der Waals surface area contributed by atoms with Crippen molar-refractivity contribution in [1.82, 2.24) is 10.3 Å². The van der Waals surface area contributed by atoms with Gasteiger partial charge in [0.25, 0.3) is 0 Å². The molecule has 106 valence electrons. The first-order valence-corrected chi connectivity index (χ1v) is 7.46. The Morgan fingerprint density at radius 2 is 2.10 bits per heavy atom. The van der Waals surface area contributed by atoms with Gasteiger partial charge in [-0.05, 0) is 25.8 Å². The summed E-state index contributed by atoms with van der Waals surface area (Å²) in [5.74, 6) is -0.144. The Balaban J connectivity index is 1.91. The summed E-state index contributed by atoms with van der Waals surface area (Å²) in [6.07, 6.45) is 0.538. The summed E-state index contributed by atoms with van der Waals surface area (Å²) in [4.78, 5) is 16.4. The summed E-state index contributed by atoms with van der Waals surface area (Å²) in [5.41, 5.74) is 7.99. The van der Waals surface area contributed by atoms with Crippen molar-refractivity contribution < 1.29 is 4.79 Å². The van der Waals surface area contributed by atoms with Gasteiger partial charge < -0.3 is 11.1 Å². The quantitative estimate of drug-likeness (QED) is 0.886. The van der Waals surface area contributed by atoms with E-state index in [1.54, 1.807) is 11.3 Å². The van der Waals surface area contributed by atoms with Crippen molar-refractivity contribution in [2.45, 2.75) is 32.4 Å². The van der Waals surface area contributed by atoms with Crippen molar-refractivity contribution in [3.05, 3.63) is 52.0 Å². The average Bonchev–Trinajstić information content (AvgIpc) is 2.86. The number of nitrogens with one attached hydrogen (secondary N) is 1. The molecule has 0 radical (unpaired) electrons. The van der Waals surface area contributed by atoms with Crippen LogP contribution >= 0.6 is 11.3 Å². The zero-order valence-electron chi connectivity index (χ0n) is 11.7. The highest BCUT2D eigenvalue weighted by Gasteiger charge is 2.18. The Bertz CT molecular complexity index is 568. The largest absolute Gasteiger partial charge is 0.346 e. The number of nitrogens with zero attached hydrogens (tertiary/aromatic N) is 1. The van der Waals surface area contributed by atoms with Gasteiger partial charge in [-0.3, -0.25) is 4.79 Å². The standard InChI is InChI=1S/C15H19N3OS/c1-10-9-20-15(17-10)11(2)18-14(19)13(16)8-12-6-4-3-5-7-12/h3-7,9,11,13H,8,16H2,1-2H3,(H,18,19)/t11?,13-/m1/s1. The van der Waals surface area contributed by atoms with E-state index in [0.29, 0.717) is 6.42 Å². The zero-order valence-corrected chi connectivity index (χ0v) is 12.5. The van der Waals surface area contributed by atoms with Crippen molar-refractivity contribution in [2.24, 2.45) is 5.73 Å². The maximum atomic E-state index is 12.1. The third kappa shape index (κ3) is 3.88. The fourth-order valence-corrected chi connectivity index (χ4v) is 2.72. The lowest BCUT2D eigenvalue weighted by Gasteiger charge is -2.16. The number of carbonyl (C=O) groups excluding carboxylic acids is 1. The van der Waals surface area contributed by atoms with Crippen molar-refractivity contribution in [1.29, 1.82) is 0 Å². The van der Waals surface area contributed by atoms with E-state index in [-0.39, 0.29) is 11.9 Å². The van der Waals surface area contributed by atoms with E-state index in [1.165, 1.54) is 0 Å². The fourth-order valence-electron chi connectivity index (χ4n) is 1.91. The van der Waals surface area contributed by atoms with Gasteiger partial charge in [0.1, 0.15) is 5.01 Å². The monoisotopic (exact) mass is 289 g/mol. The van der Waals surface area contributed by atoms with E-state index in [9.17, 15) is 4.79 Å². The molecular weight excluding hydrogens is 270 g/mol. The second-order valence-corrected chi connectivity index (χ2v) is 5.74. The molecule has 3 N–H and O–H groups in total. The zero-order chi connectivity index (χ0) is 14.5. The summed E-state index contributed by atoms with van der Waals surface area (Å²) in [7, 11) is 0. The van der Waals surface area contributed by atoms with Crippen LogP contribution in [-0.4, -0.2) is 16.9 Å². The Hall–Kier alpha value is -1.72. The van der Waals surface area contributed by atoms with Gasteiger partial charge in [0.05, 0.1) is 12.1 Å². The number of aryl methyl sites for hydroxylation is 1. The highest BCUT2D eigenvalue weighted by molar-refractivity contribution is 7.09. The highest BCUT2D eigenvalue weighted by atomic mass is 32.1. The molecule has 0 aliphatic rings. The van der Waals surface area contributed by atoms with E-state index in [2.05, 4.69) is 10.3 Å². The van der Waals surface area contributed by atoms with Crippen molar-refractivity contribution >= 4 is 17.2 Å². The second-order valence-electron chi connectivity index (χ2n) is 4.85. The van der Waals surface area contributed by atoms with Gasteiger partial charge in [-0.25, -0.2) is 4.98 Å². The van der Waals surface area contributed by atoms with Crippen molar-refractivity contribution in [3.63, 3.8) is 0 Å². The SMILES string of the molecule is Cc1csc(C(C)NC(=O)[C@H](N)Cc2ccccc2)n1. The third-order valence-electron chi connectivity index (χ3n) is 3.00. The maximum Gasteiger partial charge on any atom is 0.237 e. The molecule has 4 nitrogen and oxygen atoms in total. The van der Waals surface area contributed by atoms with Crippen LogP contribution < -0.4 is 11.1 Å². The molecule has 0 fully saturated rings. The predicted molar refractivity (Wildman–Crippen MR) is 81.5 cm³/mol. The molecule has 2 aromatic rings. The summed E-state index contributed by atoms with van der Waals surface area (Å²) < 4.78 is 0. The topological polar surface area (TPSA) is 68.0 Å². The minimum absolute atomic E-state index is 0.108. The Labute approximate surface area is 123 Å². The van der Waals surface area contributed by atoms with Gasteiger partial charge in [0.15, 0.2) is 0 Å². The first-order chi connectivity index (χ1) is 9.56. The first kappa shape index (κ1) is 14.7. The number of hydrogen-bond donors (Lipinski definition) is 2. The smallest absolute Gasteiger partial charge is 0.237 e. The van der Waals surface area contributed by atoms with Crippen LogP contribution in [0.2, 0.25) is 0 Å². The molecule has 0 aliphatic heterocycles. The Kier molecular flexibility index (Phi) is 4.87. The molecule has 1 aromatic heterocycles. The molecule has 0 saturated carbocycles. The Morgan fingerprint density at radius 3 is 2.70 bits per heavy atom. The molecule has 0 aliphatic carbocycles. The van der Waals surface area contributed by atoms with Crippen LogP contribution in [0, 0.1) is 6.92 Å². The number of amides is 1. The van der Waals surface area contributed by atoms with E-state index in [4.69, 9.17) is 5.73 Å². The van der Waals surface area contributed by atoms with Crippen LogP contribution in [0.5, 0.6) is 0 Å². The van der Waals surface area contributed by atoms with E-state index in [1.807, 2.05) is 49.6 Å². The summed E-state index contributed by atoms with van der Waals surface area (Å²) in [6.45, 7) is 3.86. The van der Waals surface area contributed by atoms with Gasteiger partial charge in [0.2, 0.25) is 5.91 Å². The average molecular weight is 289 g/mol. The van der Waals surface area contributed by atoms with Crippen LogP contribution in [0.15, 0.2) is 35.7 Å². The van der Waals surface area contributed by atoms with Gasteiger partial charge in [0, 0.05) is 11.1 Å².